The topological polar surface area (TPSA) is 16.1 Å². The maximum atomic E-state index is 6.29. The Kier molecular flexibility index (Phi) is 4.13. The van der Waals surface area contributed by atoms with Crippen LogP contribution in [0.5, 0.6) is 0 Å². The van der Waals surface area contributed by atoms with E-state index in [1.807, 2.05) is 6.92 Å². The molecule has 2 nitrogen and oxygen atoms in total. The summed E-state index contributed by atoms with van der Waals surface area (Å²) in [5.41, 5.74) is 6.47. The van der Waals surface area contributed by atoms with Crippen LogP contribution >= 0.6 is 11.6 Å². The summed E-state index contributed by atoms with van der Waals surface area (Å²) in [5.74, 6) is 0. The Morgan fingerprint density at radius 2 is 1.95 bits per heavy atom. The van der Waals surface area contributed by atoms with E-state index < -0.39 is 0 Å². The third-order valence-corrected chi connectivity index (χ3v) is 5.05. The zero-order chi connectivity index (χ0) is 14.1. The van der Waals surface area contributed by atoms with Gasteiger partial charge in [-0.1, -0.05) is 29.7 Å². The Morgan fingerprint density at radius 3 is 2.70 bits per heavy atom. The Labute approximate surface area is 126 Å². The number of halogens is 1. The standard InChI is InChI=1S/C17H23ClN2/c1-12-13(2)19-17(18)16-11-14(10-15(12)16)6-9-20-7-4-3-5-8-20/h11H,3-10H2,1-2H3. The number of piperidine rings is 1. The predicted octanol–water partition coefficient (Wildman–Crippen LogP) is 4.17. The van der Waals surface area contributed by atoms with E-state index in [2.05, 4.69) is 22.9 Å². The first-order valence-electron chi connectivity index (χ1n) is 7.72. The van der Waals surface area contributed by atoms with Crippen molar-refractivity contribution >= 4 is 17.7 Å². The molecule has 1 aliphatic carbocycles. The van der Waals surface area contributed by atoms with Gasteiger partial charge in [-0.25, -0.2) is 4.98 Å². The number of aryl methyl sites for hydroxylation is 1. The molecule has 1 aliphatic heterocycles. The van der Waals surface area contributed by atoms with Crippen molar-refractivity contribution in [2.45, 2.75) is 46.0 Å². The highest BCUT2D eigenvalue weighted by Crippen LogP contribution is 2.34. The van der Waals surface area contributed by atoms with Crippen molar-refractivity contribution in [2.75, 3.05) is 19.6 Å². The van der Waals surface area contributed by atoms with Crippen LogP contribution in [0.15, 0.2) is 5.57 Å². The van der Waals surface area contributed by atoms with E-state index >= 15 is 0 Å². The summed E-state index contributed by atoms with van der Waals surface area (Å²) >= 11 is 6.29. The van der Waals surface area contributed by atoms with Crippen molar-refractivity contribution in [1.29, 1.82) is 0 Å². The van der Waals surface area contributed by atoms with Gasteiger partial charge >= 0.3 is 0 Å². The van der Waals surface area contributed by atoms with E-state index in [1.165, 1.54) is 67.6 Å². The molecule has 0 radical (unpaired) electrons. The minimum Gasteiger partial charge on any atom is -0.303 e. The van der Waals surface area contributed by atoms with Crippen molar-refractivity contribution in [3.63, 3.8) is 0 Å². The number of nitrogens with zero attached hydrogens (tertiary/aromatic N) is 2. The Morgan fingerprint density at radius 1 is 1.20 bits per heavy atom. The summed E-state index contributed by atoms with van der Waals surface area (Å²) in [6, 6.07) is 0. The average Bonchev–Trinajstić information content (AvgIpc) is 2.89. The minimum absolute atomic E-state index is 0.677. The van der Waals surface area contributed by atoms with E-state index in [9.17, 15) is 0 Å². The van der Waals surface area contributed by atoms with Crippen molar-refractivity contribution in [2.24, 2.45) is 0 Å². The molecule has 0 aromatic carbocycles. The van der Waals surface area contributed by atoms with Gasteiger partial charge in [-0.2, -0.15) is 0 Å². The Hall–Kier alpha value is -0.860. The highest BCUT2D eigenvalue weighted by atomic mass is 35.5. The van der Waals surface area contributed by atoms with Gasteiger partial charge < -0.3 is 4.90 Å². The number of hydrogen-bond donors (Lipinski definition) is 0. The zero-order valence-corrected chi connectivity index (χ0v) is 13.3. The lowest BCUT2D eigenvalue weighted by Gasteiger charge is -2.26. The molecule has 108 valence electrons. The van der Waals surface area contributed by atoms with Gasteiger partial charge in [0, 0.05) is 17.8 Å². The van der Waals surface area contributed by atoms with E-state index in [0.717, 1.165) is 12.1 Å². The first kappa shape index (κ1) is 14.1. The lowest BCUT2D eigenvalue weighted by atomic mass is 10.0. The Balaban J connectivity index is 1.67. The molecular formula is C17H23ClN2. The number of likely N-dealkylation sites (tertiary alicyclic amines) is 1. The van der Waals surface area contributed by atoms with Gasteiger partial charge in [-0.3, -0.25) is 0 Å². The highest BCUT2D eigenvalue weighted by Gasteiger charge is 2.20. The minimum atomic E-state index is 0.677. The first-order chi connectivity index (χ1) is 9.65. The molecule has 0 N–H and O–H groups in total. The molecule has 3 rings (SSSR count). The van der Waals surface area contributed by atoms with Gasteiger partial charge in [0.25, 0.3) is 0 Å². The molecule has 0 spiro atoms. The summed E-state index contributed by atoms with van der Waals surface area (Å²) in [6.07, 6.45) is 8.66. The number of aromatic nitrogens is 1. The fraction of sp³-hybridized carbons (Fsp3) is 0.588. The van der Waals surface area contributed by atoms with Gasteiger partial charge in [-0.05, 0) is 63.7 Å². The van der Waals surface area contributed by atoms with Gasteiger partial charge in [0.2, 0.25) is 0 Å². The SMILES string of the molecule is Cc1nc(Cl)c2c(c1C)CC(CCN1CCCCC1)=C2. The molecule has 1 saturated heterocycles. The van der Waals surface area contributed by atoms with E-state index in [-0.39, 0.29) is 0 Å². The molecule has 0 saturated carbocycles. The van der Waals surface area contributed by atoms with Gasteiger partial charge in [0.1, 0.15) is 5.15 Å². The van der Waals surface area contributed by atoms with Gasteiger partial charge in [-0.15, -0.1) is 0 Å². The molecule has 1 aromatic rings. The van der Waals surface area contributed by atoms with Gasteiger partial charge in [0.05, 0.1) is 0 Å². The van der Waals surface area contributed by atoms with Crippen LogP contribution in [0.2, 0.25) is 5.15 Å². The fourth-order valence-corrected chi connectivity index (χ4v) is 3.63. The molecule has 2 aliphatic rings. The average molecular weight is 291 g/mol. The summed E-state index contributed by atoms with van der Waals surface area (Å²) in [5, 5.41) is 0.677. The highest BCUT2D eigenvalue weighted by molar-refractivity contribution is 6.31. The smallest absolute Gasteiger partial charge is 0.136 e. The number of hydrogen-bond acceptors (Lipinski definition) is 2. The van der Waals surface area contributed by atoms with Gasteiger partial charge in [0.15, 0.2) is 0 Å². The number of fused-ring (bicyclic) bond motifs is 1. The lowest BCUT2D eigenvalue weighted by molar-refractivity contribution is 0.231. The molecule has 0 bridgehead atoms. The summed E-state index contributed by atoms with van der Waals surface area (Å²) < 4.78 is 0. The molecular weight excluding hydrogens is 268 g/mol. The third-order valence-electron chi connectivity index (χ3n) is 4.76. The van der Waals surface area contributed by atoms with E-state index in [4.69, 9.17) is 11.6 Å². The van der Waals surface area contributed by atoms with Crippen molar-refractivity contribution < 1.29 is 0 Å². The maximum Gasteiger partial charge on any atom is 0.136 e. The second-order valence-electron chi connectivity index (χ2n) is 6.14. The fourth-order valence-electron chi connectivity index (χ4n) is 3.34. The van der Waals surface area contributed by atoms with Crippen LogP contribution in [-0.4, -0.2) is 29.5 Å². The lowest BCUT2D eigenvalue weighted by Crippen LogP contribution is -2.30. The number of pyridine rings is 1. The molecule has 0 atom stereocenters. The molecule has 2 heterocycles. The molecule has 3 heteroatoms. The second kappa shape index (κ2) is 5.87. The molecule has 0 amide bonds. The van der Waals surface area contributed by atoms with Crippen LogP contribution in [0.1, 0.15) is 48.1 Å². The molecule has 0 unspecified atom stereocenters. The zero-order valence-electron chi connectivity index (χ0n) is 12.5. The van der Waals surface area contributed by atoms with Crippen molar-refractivity contribution in [3.8, 4) is 0 Å². The van der Waals surface area contributed by atoms with E-state index in [0.29, 0.717) is 5.15 Å². The van der Waals surface area contributed by atoms with Crippen LogP contribution < -0.4 is 0 Å². The quantitative estimate of drug-likeness (QED) is 0.777. The van der Waals surface area contributed by atoms with Crippen LogP contribution in [0.4, 0.5) is 0 Å². The van der Waals surface area contributed by atoms with Crippen LogP contribution in [0, 0.1) is 13.8 Å². The predicted molar refractivity (Wildman–Crippen MR) is 85.3 cm³/mol. The van der Waals surface area contributed by atoms with Crippen molar-refractivity contribution in [1.82, 2.24) is 9.88 Å². The first-order valence-corrected chi connectivity index (χ1v) is 8.10. The van der Waals surface area contributed by atoms with Crippen LogP contribution in [0.3, 0.4) is 0 Å². The maximum absolute atomic E-state index is 6.29. The molecule has 1 fully saturated rings. The monoisotopic (exact) mass is 290 g/mol. The summed E-state index contributed by atoms with van der Waals surface area (Å²) in [6.45, 7) is 7.97. The molecule has 20 heavy (non-hydrogen) atoms. The third kappa shape index (κ3) is 2.77. The summed E-state index contributed by atoms with van der Waals surface area (Å²) in [7, 11) is 0. The van der Waals surface area contributed by atoms with E-state index in [1.54, 1.807) is 0 Å². The Bertz CT molecular complexity index is 542. The largest absolute Gasteiger partial charge is 0.303 e. The van der Waals surface area contributed by atoms with Crippen LogP contribution in [-0.2, 0) is 6.42 Å². The summed E-state index contributed by atoms with van der Waals surface area (Å²) in [4.78, 5) is 7.04. The second-order valence-corrected chi connectivity index (χ2v) is 6.49. The van der Waals surface area contributed by atoms with Crippen molar-refractivity contribution in [3.05, 3.63) is 33.1 Å². The van der Waals surface area contributed by atoms with Crippen LogP contribution in [0.25, 0.3) is 6.08 Å². The number of rotatable bonds is 3. The molecule has 1 aromatic heterocycles. The normalized spacial score (nSPS) is 19.1.